The minimum atomic E-state index is -3.54. The van der Waals surface area contributed by atoms with Gasteiger partial charge in [0.1, 0.15) is 4.90 Å². The summed E-state index contributed by atoms with van der Waals surface area (Å²) in [5.41, 5.74) is 0.947. The van der Waals surface area contributed by atoms with Gasteiger partial charge in [-0.25, -0.2) is 8.42 Å². The fourth-order valence-electron chi connectivity index (χ4n) is 2.71. The number of carboxylic acid groups (broad SMARTS) is 1. The Morgan fingerprint density at radius 2 is 1.86 bits per heavy atom. The molecule has 1 aromatic heterocycles. The van der Waals surface area contributed by atoms with Crippen LogP contribution in [-0.2, 0) is 21.4 Å². The highest BCUT2D eigenvalue weighted by atomic mass is 32.2. The maximum atomic E-state index is 12.7. The number of aromatic nitrogens is 2. The smallest absolute Gasteiger partial charge is 0.305 e. The van der Waals surface area contributed by atoms with Gasteiger partial charge >= 0.3 is 5.97 Å². The average molecular weight is 315 g/mol. The van der Waals surface area contributed by atoms with Crippen molar-refractivity contribution in [3.8, 4) is 0 Å². The third-order valence-corrected chi connectivity index (χ3v) is 5.92. The van der Waals surface area contributed by atoms with Crippen molar-refractivity contribution in [2.45, 2.75) is 51.0 Å². The molecule has 1 aliphatic rings. The molecule has 0 bridgehead atoms. The van der Waals surface area contributed by atoms with E-state index in [1.807, 2.05) is 0 Å². The molecule has 7 nitrogen and oxygen atoms in total. The van der Waals surface area contributed by atoms with Crippen LogP contribution in [0, 0.1) is 13.8 Å². The molecule has 1 fully saturated rings. The van der Waals surface area contributed by atoms with E-state index in [1.54, 1.807) is 13.8 Å². The van der Waals surface area contributed by atoms with E-state index in [-0.39, 0.29) is 17.9 Å². The molecule has 0 spiro atoms. The molecule has 0 atom stereocenters. The molecule has 1 saturated heterocycles. The first-order valence-corrected chi connectivity index (χ1v) is 8.54. The van der Waals surface area contributed by atoms with Gasteiger partial charge in [-0.3, -0.25) is 9.48 Å². The van der Waals surface area contributed by atoms with E-state index in [0.29, 0.717) is 24.5 Å². The number of hydrogen-bond acceptors (Lipinski definition) is 4. The lowest BCUT2D eigenvalue weighted by Gasteiger charge is -2.25. The zero-order chi connectivity index (χ0) is 15.6. The fraction of sp³-hybridized carbons (Fsp3) is 0.692. The third kappa shape index (κ3) is 3.26. The Hall–Kier alpha value is -1.41. The summed E-state index contributed by atoms with van der Waals surface area (Å²) in [5.74, 6) is -0.928. The van der Waals surface area contributed by atoms with Gasteiger partial charge in [0, 0.05) is 13.1 Å². The van der Waals surface area contributed by atoms with Crippen LogP contribution in [0.2, 0.25) is 0 Å². The number of aryl methyl sites for hydroxylation is 2. The highest BCUT2D eigenvalue weighted by Gasteiger charge is 2.31. The zero-order valence-corrected chi connectivity index (χ0v) is 13.2. The van der Waals surface area contributed by atoms with E-state index >= 15 is 0 Å². The average Bonchev–Trinajstić information content (AvgIpc) is 2.72. The van der Waals surface area contributed by atoms with Crippen molar-refractivity contribution in [3.05, 3.63) is 11.4 Å². The van der Waals surface area contributed by atoms with E-state index in [4.69, 9.17) is 5.11 Å². The second-order valence-corrected chi connectivity index (χ2v) is 7.21. The van der Waals surface area contributed by atoms with Crippen LogP contribution in [0.25, 0.3) is 0 Å². The van der Waals surface area contributed by atoms with Gasteiger partial charge < -0.3 is 5.11 Å². The Labute approximate surface area is 124 Å². The number of carboxylic acids is 1. The van der Waals surface area contributed by atoms with Crippen molar-refractivity contribution in [1.29, 1.82) is 0 Å². The van der Waals surface area contributed by atoms with E-state index in [2.05, 4.69) is 5.10 Å². The van der Waals surface area contributed by atoms with Crippen LogP contribution < -0.4 is 0 Å². The van der Waals surface area contributed by atoms with Crippen LogP contribution >= 0.6 is 0 Å². The largest absolute Gasteiger partial charge is 0.481 e. The molecule has 2 rings (SSSR count). The zero-order valence-electron chi connectivity index (χ0n) is 12.4. The van der Waals surface area contributed by atoms with Crippen LogP contribution in [0.15, 0.2) is 4.90 Å². The first kappa shape index (κ1) is 16.0. The molecule has 1 aliphatic heterocycles. The highest BCUT2D eigenvalue weighted by Crippen LogP contribution is 2.26. The molecule has 1 aromatic rings. The second-order valence-electron chi connectivity index (χ2n) is 5.33. The van der Waals surface area contributed by atoms with E-state index in [1.165, 1.54) is 8.99 Å². The lowest BCUT2D eigenvalue weighted by molar-refractivity contribution is -0.137. The predicted octanol–water partition coefficient (Wildman–Crippen LogP) is 1.15. The summed E-state index contributed by atoms with van der Waals surface area (Å²) in [6, 6.07) is 0. The molecule has 0 saturated carbocycles. The standard InChI is InChI=1S/C13H21N3O4S/c1-10-13(11(2)16(14-10)9-6-12(17)18)21(19,20)15-7-4-3-5-8-15/h3-9H2,1-2H3,(H,17,18). The fourth-order valence-corrected chi connectivity index (χ4v) is 4.60. The van der Waals surface area contributed by atoms with Gasteiger partial charge in [-0.2, -0.15) is 9.40 Å². The first-order chi connectivity index (χ1) is 9.84. The predicted molar refractivity (Wildman–Crippen MR) is 76.6 cm³/mol. The van der Waals surface area contributed by atoms with E-state index in [9.17, 15) is 13.2 Å². The first-order valence-electron chi connectivity index (χ1n) is 7.10. The van der Waals surface area contributed by atoms with Crippen LogP contribution in [0.4, 0.5) is 0 Å². The molecule has 0 aliphatic carbocycles. The normalized spacial score (nSPS) is 17.0. The molecule has 0 amide bonds. The Kier molecular flexibility index (Phi) is 4.67. The van der Waals surface area contributed by atoms with Crippen LogP contribution in [0.1, 0.15) is 37.1 Å². The van der Waals surface area contributed by atoms with Crippen molar-refractivity contribution < 1.29 is 18.3 Å². The Balaban J connectivity index is 2.32. The van der Waals surface area contributed by atoms with Crippen molar-refractivity contribution in [2.75, 3.05) is 13.1 Å². The summed E-state index contributed by atoms with van der Waals surface area (Å²) in [7, 11) is -3.54. The minimum absolute atomic E-state index is 0.0782. The Morgan fingerprint density at radius 3 is 2.43 bits per heavy atom. The van der Waals surface area contributed by atoms with Gasteiger partial charge in [-0.05, 0) is 26.7 Å². The van der Waals surface area contributed by atoms with Crippen LogP contribution in [-0.4, -0.2) is 46.7 Å². The SMILES string of the molecule is Cc1nn(CCC(=O)O)c(C)c1S(=O)(=O)N1CCCCC1. The van der Waals surface area contributed by atoms with Gasteiger partial charge in [0.15, 0.2) is 0 Å². The molecule has 1 N–H and O–H groups in total. The molecule has 118 valence electrons. The maximum absolute atomic E-state index is 12.7. The van der Waals surface area contributed by atoms with Gasteiger partial charge in [-0.15, -0.1) is 0 Å². The van der Waals surface area contributed by atoms with Crippen LogP contribution in [0.3, 0.4) is 0 Å². The molecular weight excluding hydrogens is 294 g/mol. The summed E-state index contributed by atoms with van der Waals surface area (Å²) in [6.07, 6.45) is 2.74. The molecule has 0 aromatic carbocycles. The quantitative estimate of drug-likeness (QED) is 0.880. The number of piperidine rings is 1. The lowest BCUT2D eigenvalue weighted by atomic mass is 10.2. The third-order valence-electron chi connectivity index (χ3n) is 3.77. The van der Waals surface area contributed by atoms with Gasteiger partial charge in [-0.1, -0.05) is 6.42 Å². The summed E-state index contributed by atoms with van der Waals surface area (Å²) >= 11 is 0. The number of aliphatic carboxylic acids is 1. The van der Waals surface area contributed by atoms with Crippen molar-refractivity contribution in [1.82, 2.24) is 14.1 Å². The molecule has 8 heteroatoms. The number of sulfonamides is 1. The van der Waals surface area contributed by atoms with E-state index in [0.717, 1.165) is 19.3 Å². The summed E-state index contributed by atoms with van der Waals surface area (Å²) in [6.45, 7) is 4.60. The monoisotopic (exact) mass is 315 g/mol. The van der Waals surface area contributed by atoms with Gasteiger partial charge in [0.25, 0.3) is 0 Å². The van der Waals surface area contributed by atoms with Gasteiger partial charge in [0.05, 0.1) is 24.4 Å². The lowest BCUT2D eigenvalue weighted by Crippen LogP contribution is -2.36. The molecule has 0 radical (unpaired) electrons. The van der Waals surface area contributed by atoms with Crippen molar-refractivity contribution in [3.63, 3.8) is 0 Å². The topological polar surface area (TPSA) is 92.5 Å². The van der Waals surface area contributed by atoms with Crippen LogP contribution in [0.5, 0.6) is 0 Å². The Bertz CT molecular complexity index is 630. The van der Waals surface area contributed by atoms with Gasteiger partial charge in [0.2, 0.25) is 10.0 Å². The second kappa shape index (κ2) is 6.15. The van der Waals surface area contributed by atoms with Crippen molar-refractivity contribution >= 4 is 16.0 Å². The molecule has 0 unspecified atom stereocenters. The molecular formula is C13H21N3O4S. The number of nitrogens with zero attached hydrogens (tertiary/aromatic N) is 3. The minimum Gasteiger partial charge on any atom is -0.481 e. The number of hydrogen-bond donors (Lipinski definition) is 1. The molecule has 2 heterocycles. The number of carbonyl (C=O) groups is 1. The maximum Gasteiger partial charge on any atom is 0.305 e. The summed E-state index contributed by atoms with van der Waals surface area (Å²) in [5, 5.41) is 12.9. The highest BCUT2D eigenvalue weighted by molar-refractivity contribution is 7.89. The molecule has 21 heavy (non-hydrogen) atoms. The Morgan fingerprint density at radius 1 is 1.24 bits per heavy atom. The summed E-state index contributed by atoms with van der Waals surface area (Å²) < 4.78 is 28.5. The summed E-state index contributed by atoms with van der Waals surface area (Å²) in [4.78, 5) is 10.9. The van der Waals surface area contributed by atoms with E-state index < -0.39 is 16.0 Å². The van der Waals surface area contributed by atoms with Crippen molar-refractivity contribution in [2.24, 2.45) is 0 Å². The number of rotatable bonds is 5.